The Kier molecular flexibility index (Phi) is 2.52. The second-order valence-electron chi connectivity index (χ2n) is 3.13. The van der Waals surface area contributed by atoms with Crippen LogP contribution in [-0.4, -0.2) is 24.6 Å². The molecule has 0 radical (unpaired) electrons. The molecule has 0 saturated carbocycles. The summed E-state index contributed by atoms with van der Waals surface area (Å²) in [6.07, 6.45) is 1.58. The molecule has 0 aromatic carbocycles. The van der Waals surface area contributed by atoms with E-state index in [1.54, 1.807) is 12.3 Å². The standard InChI is InChI=1S/C9H12FN3/c10-9-2-1-7(5-13-9)8-6-11-3-4-12-8/h1-2,5,8,11-12H,3-4,6H2. The Morgan fingerprint density at radius 2 is 2.31 bits per heavy atom. The molecular formula is C9H12FN3. The highest BCUT2D eigenvalue weighted by atomic mass is 19.1. The van der Waals surface area contributed by atoms with Crippen LogP contribution in [0.15, 0.2) is 18.3 Å². The van der Waals surface area contributed by atoms with E-state index < -0.39 is 5.95 Å². The van der Waals surface area contributed by atoms with Gasteiger partial charge in [0.25, 0.3) is 0 Å². The van der Waals surface area contributed by atoms with Crippen molar-refractivity contribution < 1.29 is 4.39 Å². The minimum Gasteiger partial charge on any atom is -0.314 e. The fraction of sp³-hybridized carbons (Fsp3) is 0.444. The molecule has 0 spiro atoms. The van der Waals surface area contributed by atoms with Crippen molar-refractivity contribution in [2.45, 2.75) is 6.04 Å². The molecule has 1 unspecified atom stereocenters. The van der Waals surface area contributed by atoms with E-state index in [0.29, 0.717) is 0 Å². The Labute approximate surface area is 76.4 Å². The summed E-state index contributed by atoms with van der Waals surface area (Å²) in [5.74, 6) is -0.424. The van der Waals surface area contributed by atoms with E-state index in [0.717, 1.165) is 25.2 Å². The molecule has 2 N–H and O–H groups in total. The Morgan fingerprint density at radius 1 is 1.38 bits per heavy atom. The van der Waals surface area contributed by atoms with Gasteiger partial charge >= 0.3 is 0 Å². The summed E-state index contributed by atoms with van der Waals surface area (Å²) in [6.45, 7) is 2.82. The van der Waals surface area contributed by atoms with Crippen LogP contribution in [0.5, 0.6) is 0 Å². The van der Waals surface area contributed by atoms with Gasteiger partial charge in [-0.1, -0.05) is 6.07 Å². The summed E-state index contributed by atoms with van der Waals surface area (Å²) in [4.78, 5) is 3.62. The van der Waals surface area contributed by atoms with Gasteiger partial charge in [-0.15, -0.1) is 0 Å². The zero-order chi connectivity index (χ0) is 9.10. The van der Waals surface area contributed by atoms with E-state index in [2.05, 4.69) is 15.6 Å². The van der Waals surface area contributed by atoms with Gasteiger partial charge in [-0.3, -0.25) is 0 Å². The maximum absolute atomic E-state index is 12.5. The molecule has 1 fully saturated rings. The van der Waals surface area contributed by atoms with E-state index >= 15 is 0 Å². The lowest BCUT2D eigenvalue weighted by molar-refractivity contribution is 0.428. The molecule has 1 atom stereocenters. The molecule has 1 saturated heterocycles. The largest absolute Gasteiger partial charge is 0.314 e. The number of nitrogens with zero attached hydrogens (tertiary/aromatic N) is 1. The second-order valence-corrected chi connectivity index (χ2v) is 3.13. The third-order valence-corrected chi connectivity index (χ3v) is 2.19. The first kappa shape index (κ1) is 8.59. The van der Waals surface area contributed by atoms with Crippen molar-refractivity contribution in [3.05, 3.63) is 29.8 Å². The highest BCUT2D eigenvalue weighted by Gasteiger charge is 2.13. The van der Waals surface area contributed by atoms with E-state index in [9.17, 15) is 4.39 Å². The van der Waals surface area contributed by atoms with Crippen LogP contribution in [0.3, 0.4) is 0 Å². The Hall–Kier alpha value is -1.00. The highest BCUT2D eigenvalue weighted by Crippen LogP contribution is 2.12. The van der Waals surface area contributed by atoms with Gasteiger partial charge in [0.05, 0.1) is 0 Å². The lowest BCUT2D eigenvalue weighted by Gasteiger charge is -2.24. The molecule has 13 heavy (non-hydrogen) atoms. The molecule has 70 valence electrons. The molecule has 1 aromatic heterocycles. The first-order chi connectivity index (χ1) is 6.36. The Morgan fingerprint density at radius 3 is 2.92 bits per heavy atom. The summed E-state index contributed by atoms with van der Waals surface area (Å²) in [5, 5.41) is 6.59. The highest BCUT2D eigenvalue weighted by molar-refractivity contribution is 5.15. The van der Waals surface area contributed by atoms with Gasteiger partial charge in [-0.25, -0.2) is 4.98 Å². The van der Waals surface area contributed by atoms with Crippen molar-refractivity contribution in [1.29, 1.82) is 0 Å². The Balaban J connectivity index is 2.10. The maximum Gasteiger partial charge on any atom is 0.212 e. The molecule has 2 heterocycles. The van der Waals surface area contributed by atoms with Gasteiger partial charge in [0, 0.05) is 31.9 Å². The molecule has 1 aliphatic rings. The molecule has 4 heteroatoms. The van der Waals surface area contributed by atoms with E-state index in [1.807, 2.05) is 0 Å². The van der Waals surface area contributed by atoms with Gasteiger partial charge in [0.1, 0.15) is 0 Å². The second kappa shape index (κ2) is 3.81. The number of hydrogen-bond acceptors (Lipinski definition) is 3. The number of halogens is 1. The summed E-state index contributed by atoms with van der Waals surface area (Å²) in [5.41, 5.74) is 1.04. The van der Waals surface area contributed by atoms with Gasteiger partial charge < -0.3 is 10.6 Å². The fourth-order valence-electron chi connectivity index (χ4n) is 1.48. The number of hydrogen-bond donors (Lipinski definition) is 2. The number of pyridine rings is 1. The normalized spacial score (nSPS) is 23.0. The predicted molar refractivity (Wildman–Crippen MR) is 47.8 cm³/mol. The maximum atomic E-state index is 12.5. The average molecular weight is 181 g/mol. The molecule has 0 amide bonds. The van der Waals surface area contributed by atoms with Crippen LogP contribution in [0.1, 0.15) is 11.6 Å². The number of piperazine rings is 1. The van der Waals surface area contributed by atoms with Crippen molar-refractivity contribution in [3.8, 4) is 0 Å². The zero-order valence-corrected chi connectivity index (χ0v) is 7.26. The van der Waals surface area contributed by atoms with Crippen LogP contribution in [0.2, 0.25) is 0 Å². The van der Waals surface area contributed by atoms with Gasteiger partial charge in [-0.05, 0) is 11.6 Å². The lowest BCUT2D eigenvalue weighted by atomic mass is 10.1. The van der Waals surface area contributed by atoms with E-state index in [-0.39, 0.29) is 6.04 Å². The predicted octanol–water partition coefficient (Wildman–Crippen LogP) is 0.455. The van der Waals surface area contributed by atoms with Crippen LogP contribution in [0, 0.1) is 5.95 Å². The molecule has 2 rings (SSSR count). The fourth-order valence-corrected chi connectivity index (χ4v) is 1.48. The van der Waals surface area contributed by atoms with Crippen molar-refractivity contribution >= 4 is 0 Å². The summed E-state index contributed by atoms with van der Waals surface area (Å²) < 4.78 is 12.5. The van der Waals surface area contributed by atoms with Crippen molar-refractivity contribution in [2.24, 2.45) is 0 Å². The molecule has 3 nitrogen and oxygen atoms in total. The summed E-state index contributed by atoms with van der Waals surface area (Å²) >= 11 is 0. The van der Waals surface area contributed by atoms with Crippen molar-refractivity contribution in [3.63, 3.8) is 0 Å². The monoisotopic (exact) mass is 181 g/mol. The summed E-state index contributed by atoms with van der Waals surface area (Å²) in [6, 6.07) is 3.43. The van der Waals surface area contributed by atoms with Crippen LogP contribution in [-0.2, 0) is 0 Å². The average Bonchev–Trinajstić information content (AvgIpc) is 2.20. The SMILES string of the molecule is Fc1ccc(C2CNCCN2)cn1. The van der Waals surface area contributed by atoms with Gasteiger partial charge in [0.15, 0.2) is 0 Å². The van der Waals surface area contributed by atoms with E-state index in [4.69, 9.17) is 0 Å². The lowest BCUT2D eigenvalue weighted by Crippen LogP contribution is -2.42. The first-order valence-electron chi connectivity index (χ1n) is 4.42. The third-order valence-electron chi connectivity index (χ3n) is 2.19. The topological polar surface area (TPSA) is 37.0 Å². The van der Waals surface area contributed by atoms with Crippen molar-refractivity contribution in [1.82, 2.24) is 15.6 Å². The number of nitrogens with one attached hydrogen (secondary N) is 2. The van der Waals surface area contributed by atoms with E-state index in [1.165, 1.54) is 6.07 Å². The van der Waals surface area contributed by atoms with Crippen LogP contribution in [0.4, 0.5) is 4.39 Å². The quantitative estimate of drug-likeness (QED) is 0.618. The molecule has 0 aliphatic carbocycles. The number of rotatable bonds is 1. The third kappa shape index (κ3) is 2.02. The van der Waals surface area contributed by atoms with Crippen LogP contribution >= 0.6 is 0 Å². The molecule has 0 bridgehead atoms. The van der Waals surface area contributed by atoms with Crippen molar-refractivity contribution in [2.75, 3.05) is 19.6 Å². The first-order valence-corrected chi connectivity index (χ1v) is 4.42. The molecular weight excluding hydrogens is 169 g/mol. The zero-order valence-electron chi connectivity index (χ0n) is 7.26. The minimum absolute atomic E-state index is 0.266. The Bertz CT molecular complexity index is 267. The van der Waals surface area contributed by atoms with Gasteiger partial charge in [0.2, 0.25) is 5.95 Å². The van der Waals surface area contributed by atoms with Crippen LogP contribution in [0.25, 0.3) is 0 Å². The summed E-state index contributed by atoms with van der Waals surface area (Å²) in [7, 11) is 0. The molecule has 1 aliphatic heterocycles. The van der Waals surface area contributed by atoms with Gasteiger partial charge in [-0.2, -0.15) is 4.39 Å². The smallest absolute Gasteiger partial charge is 0.212 e. The number of aromatic nitrogens is 1. The minimum atomic E-state index is -0.424. The molecule has 1 aromatic rings. The van der Waals surface area contributed by atoms with Crippen LogP contribution < -0.4 is 10.6 Å².